The van der Waals surface area contributed by atoms with E-state index in [4.69, 9.17) is 4.74 Å². The van der Waals surface area contributed by atoms with E-state index in [9.17, 15) is 10.1 Å². The van der Waals surface area contributed by atoms with Crippen molar-refractivity contribution in [2.75, 3.05) is 11.9 Å². The Labute approximate surface area is 231 Å². The summed E-state index contributed by atoms with van der Waals surface area (Å²) in [5, 5.41) is 12.6. The van der Waals surface area contributed by atoms with Crippen LogP contribution in [-0.4, -0.2) is 17.1 Å². The first-order chi connectivity index (χ1) is 18.9. The van der Waals surface area contributed by atoms with Crippen LogP contribution in [0.15, 0.2) is 60.2 Å². The first kappa shape index (κ1) is 25.5. The van der Waals surface area contributed by atoms with E-state index in [1.165, 1.54) is 37.7 Å². The summed E-state index contributed by atoms with van der Waals surface area (Å²) < 4.78 is 7.67. The predicted molar refractivity (Wildman–Crippen MR) is 155 cm³/mol. The van der Waals surface area contributed by atoms with Gasteiger partial charge in [-0.15, -0.1) is 0 Å². The number of aromatic nitrogens is 1. The number of aryl methyl sites for hydroxylation is 1. The van der Waals surface area contributed by atoms with E-state index in [1.807, 2.05) is 19.9 Å². The molecule has 7 rings (SSSR count). The molecular weight excluding hydrogens is 482 g/mol. The Morgan fingerprint density at radius 2 is 1.64 bits per heavy atom. The van der Waals surface area contributed by atoms with Crippen LogP contribution in [0.5, 0.6) is 5.75 Å². The molecule has 39 heavy (non-hydrogen) atoms. The molecule has 200 valence electrons. The summed E-state index contributed by atoms with van der Waals surface area (Å²) in [5.74, 6) is 4.76. The van der Waals surface area contributed by atoms with Crippen LogP contribution in [0, 0.1) is 48.9 Å². The Balaban J connectivity index is 1.20. The van der Waals surface area contributed by atoms with Gasteiger partial charge in [-0.1, -0.05) is 12.1 Å². The normalized spacial score (nSPS) is 25.4. The average Bonchev–Trinajstić information content (AvgIpc) is 3.20. The van der Waals surface area contributed by atoms with E-state index in [0.717, 1.165) is 58.0 Å². The number of carbonyl (C=O) groups excluding carboxylic acids is 1. The van der Waals surface area contributed by atoms with E-state index in [2.05, 4.69) is 47.1 Å². The molecule has 0 radical (unpaired) electrons. The summed E-state index contributed by atoms with van der Waals surface area (Å²) in [6, 6.07) is 20.5. The van der Waals surface area contributed by atoms with Crippen molar-refractivity contribution >= 4 is 17.7 Å². The topological polar surface area (TPSA) is 67.0 Å². The largest absolute Gasteiger partial charge is 0.494 e. The van der Waals surface area contributed by atoms with Crippen LogP contribution in [0.25, 0.3) is 11.8 Å². The lowest BCUT2D eigenvalue weighted by Gasteiger charge is -2.54. The zero-order chi connectivity index (χ0) is 27.1. The van der Waals surface area contributed by atoms with Gasteiger partial charge in [0.1, 0.15) is 17.4 Å². The number of hydrogen-bond donors (Lipinski definition) is 1. The number of amides is 1. The number of nitrogens with one attached hydrogen (secondary N) is 1. The highest BCUT2D eigenvalue weighted by Crippen LogP contribution is 2.59. The van der Waals surface area contributed by atoms with Gasteiger partial charge in [-0.3, -0.25) is 4.79 Å². The van der Waals surface area contributed by atoms with Crippen LogP contribution in [0.3, 0.4) is 0 Å². The summed E-state index contributed by atoms with van der Waals surface area (Å²) in [5.41, 5.74) is 6.27. The van der Waals surface area contributed by atoms with Crippen molar-refractivity contribution in [3.63, 3.8) is 0 Å². The van der Waals surface area contributed by atoms with Crippen LogP contribution < -0.4 is 10.1 Å². The van der Waals surface area contributed by atoms with Gasteiger partial charge < -0.3 is 14.6 Å². The second-order valence-electron chi connectivity index (χ2n) is 11.8. The molecule has 1 N–H and O–H groups in total. The highest BCUT2D eigenvalue weighted by Gasteiger charge is 2.48. The second-order valence-corrected chi connectivity index (χ2v) is 11.8. The van der Waals surface area contributed by atoms with Crippen molar-refractivity contribution in [2.24, 2.45) is 23.7 Å². The van der Waals surface area contributed by atoms with Gasteiger partial charge in [0.25, 0.3) is 5.91 Å². The molecule has 2 aromatic carbocycles. The molecule has 3 aromatic rings. The average molecular weight is 520 g/mol. The van der Waals surface area contributed by atoms with E-state index in [0.29, 0.717) is 12.3 Å². The highest BCUT2D eigenvalue weighted by atomic mass is 16.5. The van der Waals surface area contributed by atoms with Crippen LogP contribution in [0.2, 0.25) is 0 Å². The number of nitrogens with zero attached hydrogens (tertiary/aromatic N) is 2. The van der Waals surface area contributed by atoms with Crippen LogP contribution in [-0.2, 0) is 4.79 Å². The molecule has 5 nitrogen and oxygen atoms in total. The summed E-state index contributed by atoms with van der Waals surface area (Å²) in [6.45, 7) is 6.62. The van der Waals surface area contributed by atoms with Crippen LogP contribution in [0.1, 0.15) is 67.5 Å². The number of ether oxygens (including phenoxy) is 1. The first-order valence-electron chi connectivity index (χ1n) is 14.4. The van der Waals surface area contributed by atoms with E-state index < -0.39 is 5.91 Å². The molecule has 0 saturated heterocycles. The molecule has 4 aliphatic rings. The van der Waals surface area contributed by atoms with E-state index >= 15 is 0 Å². The van der Waals surface area contributed by atoms with Crippen molar-refractivity contribution in [1.29, 1.82) is 5.26 Å². The number of nitriles is 1. The zero-order valence-corrected chi connectivity index (χ0v) is 23.1. The van der Waals surface area contributed by atoms with Gasteiger partial charge in [-0.25, -0.2) is 0 Å². The molecule has 1 aromatic heterocycles. The summed E-state index contributed by atoms with van der Waals surface area (Å²) in [4.78, 5) is 12.9. The summed E-state index contributed by atoms with van der Waals surface area (Å²) in [6.07, 6.45) is 8.89. The lowest BCUT2D eigenvalue weighted by atomic mass is 9.51. The van der Waals surface area contributed by atoms with Gasteiger partial charge in [0, 0.05) is 22.8 Å². The monoisotopic (exact) mass is 519 g/mol. The molecular formula is C34H37N3O2. The van der Waals surface area contributed by atoms with Crippen LogP contribution in [0.4, 0.5) is 5.69 Å². The number of hydrogen-bond acceptors (Lipinski definition) is 3. The lowest BCUT2D eigenvalue weighted by Crippen LogP contribution is -2.43. The minimum Gasteiger partial charge on any atom is -0.494 e. The first-order valence-corrected chi connectivity index (χ1v) is 14.4. The molecule has 0 unspecified atom stereocenters. The van der Waals surface area contributed by atoms with Crippen molar-refractivity contribution in [1.82, 2.24) is 4.57 Å². The fourth-order valence-corrected chi connectivity index (χ4v) is 7.95. The van der Waals surface area contributed by atoms with Crippen LogP contribution >= 0.6 is 0 Å². The Kier molecular flexibility index (Phi) is 6.81. The zero-order valence-electron chi connectivity index (χ0n) is 23.1. The summed E-state index contributed by atoms with van der Waals surface area (Å²) in [7, 11) is 0. The smallest absolute Gasteiger partial charge is 0.266 e. The Morgan fingerprint density at radius 3 is 2.23 bits per heavy atom. The standard InChI is InChI=1S/C34H37N3O2/c1-4-39-32-11-7-30(8-12-32)36-34(38)29(20-35)19-26-13-21(2)37(22(26)3)31-9-5-25(6-10-31)33-27-15-23-14-24(17-27)18-28(33)16-23/h5-13,19,23-24,27-28,33H,4,14-18H2,1-3H3,(H,36,38)/b29-19+. The van der Waals surface area contributed by atoms with E-state index in [1.54, 1.807) is 30.3 Å². The minimum absolute atomic E-state index is 0.0707. The maximum Gasteiger partial charge on any atom is 0.266 e. The van der Waals surface area contributed by atoms with Gasteiger partial charge in [0.05, 0.1) is 6.61 Å². The van der Waals surface area contributed by atoms with Crippen molar-refractivity contribution in [3.8, 4) is 17.5 Å². The van der Waals surface area contributed by atoms with Crippen molar-refractivity contribution in [2.45, 2.75) is 58.8 Å². The Bertz CT molecular complexity index is 1410. The molecule has 5 heteroatoms. The SMILES string of the molecule is CCOc1ccc(NC(=O)/C(C#N)=C/c2cc(C)n(-c3ccc(C4C5CC6CC(C5)CC4C6)cc3)c2C)cc1. The van der Waals surface area contributed by atoms with Gasteiger partial charge in [0.15, 0.2) is 0 Å². The van der Waals surface area contributed by atoms with Gasteiger partial charge >= 0.3 is 0 Å². The van der Waals surface area contributed by atoms with Gasteiger partial charge in [-0.2, -0.15) is 5.26 Å². The number of rotatable bonds is 7. The maximum absolute atomic E-state index is 12.9. The number of benzene rings is 2. The molecule has 4 saturated carbocycles. The lowest BCUT2D eigenvalue weighted by molar-refractivity contribution is -0.112. The van der Waals surface area contributed by atoms with Gasteiger partial charge in [-0.05, 0) is 142 Å². The third kappa shape index (κ3) is 4.89. The Morgan fingerprint density at radius 1 is 1.00 bits per heavy atom. The molecule has 0 aliphatic heterocycles. The molecule has 0 spiro atoms. The van der Waals surface area contributed by atoms with Gasteiger partial charge in [0.2, 0.25) is 0 Å². The quantitative estimate of drug-likeness (QED) is 0.258. The highest BCUT2D eigenvalue weighted by molar-refractivity contribution is 6.09. The Hall–Kier alpha value is -3.78. The minimum atomic E-state index is -0.425. The molecule has 0 atom stereocenters. The molecule has 1 heterocycles. The summed E-state index contributed by atoms with van der Waals surface area (Å²) >= 11 is 0. The van der Waals surface area contributed by atoms with Crippen molar-refractivity contribution < 1.29 is 9.53 Å². The molecule has 4 fully saturated rings. The molecule has 1 amide bonds. The molecule has 4 bridgehead atoms. The van der Waals surface area contributed by atoms with Crippen molar-refractivity contribution in [3.05, 3.63) is 82.7 Å². The third-order valence-electron chi connectivity index (χ3n) is 9.32. The predicted octanol–water partition coefficient (Wildman–Crippen LogP) is 7.58. The number of anilines is 1. The van der Waals surface area contributed by atoms with E-state index in [-0.39, 0.29) is 5.57 Å². The third-order valence-corrected chi connectivity index (χ3v) is 9.32. The number of carbonyl (C=O) groups is 1. The fourth-order valence-electron chi connectivity index (χ4n) is 7.95. The molecule has 4 aliphatic carbocycles. The maximum atomic E-state index is 12.9. The second kappa shape index (κ2) is 10.4. The fraction of sp³-hybridized carbons (Fsp3) is 0.412.